The van der Waals surface area contributed by atoms with Crippen LogP contribution in [0.4, 0.5) is 0 Å². The summed E-state index contributed by atoms with van der Waals surface area (Å²) < 4.78 is 1.55. The van der Waals surface area contributed by atoms with E-state index in [1.807, 2.05) is 26.0 Å². The van der Waals surface area contributed by atoms with Crippen molar-refractivity contribution in [2.45, 2.75) is 26.2 Å². The molecular weight excluding hydrogens is 394 g/mol. The van der Waals surface area contributed by atoms with E-state index in [1.165, 1.54) is 28.8 Å². The van der Waals surface area contributed by atoms with Crippen molar-refractivity contribution < 1.29 is 4.79 Å². The lowest BCUT2D eigenvalue weighted by molar-refractivity contribution is 0.0952. The lowest BCUT2D eigenvalue weighted by Crippen LogP contribution is -2.27. The summed E-state index contributed by atoms with van der Waals surface area (Å²) in [7, 11) is 0. The molecule has 0 bridgehead atoms. The molecule has 1 amide bonds. The van der Waals surface area contributed by atoms with Crippen molar-refractivity contribution in [3.63, 3.8) is 0 Å². The predicted octanol–water partition coefficient (Wildman–Crippen LogP) is 4.29. The SMILES string of the molecule is Cc1sc(-n2cnnn2)c(C(=O)NCCC(c2ccccc2)c2ccccc2)c1C. The molecule has 0 unspecified atom stereocenters. The first kappa shape index (κ1) is 20.0. The van der Waals surface area contributed by atoms with Crippen LogP contribution in [0.2, 0.25) is 0 Å². The third kappa shape index (κ3) is 4.16. The average molecular weight is 418 g/mol. The van der Waals surface area contributed by atoms with Crippen LogP contribution < -0.4 is 5.32 Å². The molecule has 0 aliphatic rings. The molecule has 2 aromatic heterocycles. The number of thiophene rings is 1. The number of aryl methyl sites for hydroxylation is 1. The van der Waals surface area contributed by atoms with E-state index >= 15 is 0 Å². The van der Waals surface area contributed by atoms with E-state index in [-0.39, 0.29) is 11.8 Å². The molecule has 4 rings (SSSR count). The van der Waals surface area contributed by atoms with Crippen LogP contribution in [0.15, 0.2) is 67.0 Å². The normalized spacial score (nSPS) is 11.0. The number of carbonyl (C=O) groups excluding carboxylic acids is 1. The van der Waals surface area contributed by atoms with Gasteiger partial charge in [0.15, 0.2) is 0 Å². The highest BCUT2D eigenvalue weighted by Crippen LogP contribution is 2.31. The number of hydrogen-bond donors (Lipinski definition) is 1. The molecule has 0 aliphatic heterocycles. The molecule has 6 nitrogen and oxygen atoms in total. The minimum atomic E-state index is -0.0952. The van der Waals surface area contributed by atoms with Gasteiger partial charge < -0.3 is 5.32 Å². The summed E-state index contributed by atoms with van der Waals surface area (Å²) in [5.74, 6) is 0.124. The summed E-state index contributed by atoms with van der Waals surface area (Å²) in [4.78, 5) is 14.1. The van der Waals surface area contributed by atoms with Crippen LogP contribution in [0.25, 0.3) is 5.00 Å². The Balaban J connectivity index is 1.51. The number of aromatic nitrogens is 4. The fourth-order valence-corrected chi connectivity index (χ4v) is 4.68. The summed E-state index contributed by atoms with van der Waals surface area (Å²) in [6, 6.07) is 20.8. The number of benzene rings is 2. The van der Waals surface area contributed by atoms with Crippen molar-refractivity contribution in [2.75, 3.05) is 6.54 Å². The van der Waals surface area contributed by atoms with Crippen molar-refractivity contribution in [2.24, 2.45) is 0 Å². The number of nitrogens with zero attached hydrogens (tertiary/aromatic N) is 4. The molecule has 0 atom stereocenters. The van der Waals surface area contributed by atoms with Gasteiger partial charge in [-0.15, -0.1) is 16.4 Å². The van der Waals surface area contributed by atoms with Gasteiger partial charge in [-0.3, -0.25) is 4.79 Å². The Hall–Kier alpha value is -3.32. The van der Waals surface area contributed by atoms with Gasteiger partial charge in [-0.25, -0.2) is 0 Å². The molecule has 0 fully saturated rings. The Morgan fingerprint density at radius 2 is 1.67 bits per heavy atom. The topological polar surface area (TPSA) is 72.7 Å². The first-order valence-corrected chi connectivity index (χ1v) is 10.7. The monoisotopic (exact) mass is 417 g/mol. The highest BCUT2D eigenvalue weighted by Gasteiger charge is 2.22. The fraction of sp³-hybridized carbons (Fsp3) is 0.217. The van der Waals surface area contributed by atoms with Gasteiger partial charge in [0.2, 0.25) is 0 Å². The number of hydrogen-bond acceptors (Lipinski definition) is 5. The zero-order valence-corrected chi connectivity index (χ0v) is 17.8. The highest BCUT2D eigenvalue weighted by molar-refractivity contribution is 7.15. The smallest absolute Gasteiger partial charge is 0.254 e. The quantitative estimate of drug-likeness (QED) is 0.487. The Kier molecular flexibility index (Phi) is 5.99. The minimum absolute atomic E-state index is 0.0952. The van der Waals surface area contributed by atoms with Crippen LogP contribution in [0.3, 0.4) is 0 Å². The second kappa shape index (κ2) is 9.00. The standard InChI is InChI=1S/C23H23N5OS/c1-16-17(2)30-23(28-15-25-26-27-28)21(16)22(29)24-14-13-20(18-9-5-3-6-10-18)19-11-7-4-8-12-19/h3-12,15,20H,13-14H2,1-2H3,(H,24,29). The van der Waals surface area contributed by atoms with E-state index in [4.69, 9.17) is 0 Å². The number of tetrazole rings is 1. The van der Waals surface area contributed by atoms with E-state index in [0.717, 1.165) is 21.9 Å². The third-order valence-electron chi connectivity index (χ3n) is 5.27. The average Bonchev–Trinajstić information content (AvgIpc) is 3.41. The Bertz CT molecular complexity index is 1070. The molecule has 0 saturated heterocycles. The lowest BCUT2D eigenvalue weighted by Gasteiger charge is -2.18. The van der Waals surface area contributed by atoms with Gasteiger partial charge in [0.05, 0.1) is 5.56 Å². The summed E-state index contributed by atoms with van der Waals surface area (Å²) in [6.45, 7) is 4.54. The maximum absolute atomic E-state index is 13.1. The molecule has 0 aliphatic carbocycles. The molecule has 0 saturated carbocycles. The number of carbonyl (C=O) groups is 1. The molecule has 2 heterocycles. The largest absolute Gasteiger partial charge is 0.352 e. The molecule has 2 aromatic carbocycles. The van der Waals surface area contributed by atoms with Crippen LogP contribution in [0.5, 0.6) is 0 Å². The van der Waals surface area contributed by atoms with Crippen LogP contribution in [0.1, 0.15) is 44.3 Å². The number of amides is 1. The van der Waals surface area contributed by atoms with E-state index in [1.54, 1.807) is 4.68 Å². The van der Waals surface area contributed by atoms with Gasteiger partial charge >= 0.3 is 0 Å². The molecular formula is C23H23N5OS. The van der Waals surface area contributed by atoms with Gasteiger partial charge in [0, 0.05) is 17.3 Å². The molecule has 4 aromatic rings. The van der Waals surface area contributed by atoms with Crippen molar-refractivity contribution in [3.05, 3.63) is 94.1 Å². The van der Waals surface area contributed by atoms with Gasteiger partial charge in [0.1, 0.15) is 11.3 Å². The number of nitrogens with one attached hydrogen (secondary N) is 1. The van der Waals surface area contributed by atoms with E-state index < -0.39 is 0 Å². The fourth-order valence-electron chi connectivity index (χ4n) is 3.61. The van der Waals surface area contributed by atoms with Crippen molar-refractivity contribution in [3.8, 4) is 5.00 Å². The summed E-state index contributed by atoms with van der Waals surface area (Å²) >= 11 is 1.52. The summed E-state index contributed by atoms with van der Waals surface area (Å²) in [5, 5.41) is 15.2. The molecule has 30 heavy (non-hydrogen) atoms. The van der Waals surface area contributed by atoms with Crippen molar-refractivity contribution in [1.82, 2.24) is 25.5 Å². The van der Waals surface area contributed by atoms with Crippen molar-refractivity contribution in [1.29, 1.82) is 0 Å². The minimum Gasteiger partial charge on any atom is -0.352 e. The van der Waals surface area contributed by atoms with Crippen molar-refractivity contribution >= 4 is 17.2 Å². The second-order valence-electron chi connectivity index (χ2n) is 7.14. The Morgan fingerprint density at radius 1 is 1.03 bits per heavy atom. The zero-order valence-electron chi connectivity index (χ0n) is 16.9. The van der Waals surface area contributed by atoms with E-state index in [2.05, 4.69) is 69.4 Å². The first-order chi connectivity index (χ1) is 14.6. The predicted molar refractivity (Wildman–Crippen MR) is 118 cm³/mol. The van der Waals surface area contributed by atoms with Gasteiger partial charge in [0.25, 0.3) is 5.91 Å². The van der Waals surface area contributed by atoms with E-state index in [9.17, 15) is 4.79 Å². The van der Waals surface area contributed by atoms with Crippen LogP contribution in [0, 0.1) is 13.8 Å². The highest BCUT2D eigenvalue weighted by atomic mass is 32.1. The molecule has 7 heteroatoms. The van der Waals surface area contributed by atoms with Crippen LogP contribution in [-0.2, 0) is 0 Å². The van der Waals surface area contributed by atoms with E-state index in [0.29, 0.717) is 12.1 Å². The maximum atomic E-state index is 13.1. The van der Waals surface area contributed by atoms with Crippen LogP contribution in [-0.4, -0.2) is 32.7 Å². The molecule has 0 spiro atoms. The second-order valence-corrected chi connectivity index (χ2v) is 8.34. The third-order valence-corrected chi connectivity index (χ3v) is 6.47. The number of rotatable bonds is 7. The van der Waals surface area contributed by atoms with Gasteiger partial charge in [-0.05, 0) is 47.4 Å². The molecule has 152 valence electrons. The summed E-state index contributed by atoms with van der Waals surface area (Å²) in [5.41, 5.74) is 4.09. The zero-order chi connectivity index (χ0) is 20.9. The Labute approximate surface area is 179 Å². The first-order valence-electron chi connectivity index (χ1n) is 9.86. The molecule has 0 radical (unpaired) electrons. The lowest BCUT2D eigenvalue weighted by atomic mass is 9.88. The molecule has 1 N–H and O–H groups in total. The van der Waals surface area contributed by atoms with Gasteiger partial charge in [-0.1, -0.05) is 60.7 Å². The summed E-state index contributed by atoms with van der Waals surface area (Å²) in [6.07, 6.45) is 2.32. The Morgan fingerprint density at radius 3 is 2.23 bits per heavy atom. The maximum Gasteiger partial charge on any atom is 0.254 e. The van der Waals surface area contributed by atoms with Gasteiger partial charge in [-0.2, -0.15) is 4.68 Å². The van der Waals surface area contributed by atoms with Crippen LogP contribution >= 0.6 is 11.3 Å².